The van der Waals surface area contributed by atoms with Crippen molar-refractivity contribution in [2.24, 2.45) is 0 Å². The van der Waals surface area contributed by atoms with E-state index in [0.29, 0.717) is 19.3 Å². The Morgan fingerprint density at radius 3 is 0.785 bits per heavy atom. The number of phosphoric ester groups is 2. The third-order valence-electron chi connectivity index (χ3n) is 17.5. The second kappa shape index (κ2) is 80.9. The third kappa shape index (κ3) is 82.2. The van der Waals surface area contributed by atoms with Gasteiger partial charge in [-0.3, -0.25) is 32.5 Å². The predicted molar refractivity (Wildman–Crippen MR) is 445 cm³/mol. The highest BCUT2D eigenvalue weighted by atomic mass is 31.2. The van der Waals surface area contributed by atoms with Crippen LogP contribution in [0.2, 0.25) is 0 Å². The van der Waals surface area contributed by atoms with Gasteiger partial charge < -0.3 is 34.2 Å². The van der Waals surface area contributed by atoms with Gasteiger partial charge in [-0.25, -0.2) is 9.13 Å². The zero-order valence-corrected chi connectivity index (χ0v) is 69.1. The maximum absolute atomic E-state index is 13.0. The van der Waals surface area contributed by atoms with Gasteiger partial charge in [-0.2, -0.15) is 0 Å². The Balaban J connectivity index is 4.57. The number of rotatable bonds is 79. The Morgan fingerprint density at radius 2 is 0.495 bits per heavy atom. The maximum atomic E-state index is 13.0. The lowest BCUT2D eigenvalue weighted by Gasteiger charge is -2.21. The largest absolute Gasteiger partial charge is 0.472 e. The number of aliphatic hydroxyl groups excluding tert-OH is 2. The minimum Gasteiger partial charge on any atom is -0.463 e. The zero-order valence-electron chi connectivity index (χ0n) is 67.3. The number of allylic oxidation sites excluding steroid dienone is 24. The lowest BCUT2D eigenvalue weighted by atomic mass is 10.0. The van der Waals surface area contributed by atoms with Gasteiger partial charge in [-0.15, -0.1) is 0 Å². The van der Waals surface area contributed by atoms with Crippen molar-refractivity contribution in [1.29, 1.82) is 0 Å². The van der Waals surface area contributed by atoms with Gasteiger partial charge in [0, 0.05) is 19.3 Å². The van der Waals surface area contributed by atoms with Crippen LogP contribution in [0.15, 0.2) is 146 Å². The summed E-state index contributed by atoms with van der Waals surface area (Å²) in [6.45, 7) is 2.49. The monoisotopic (exact) mass is 1540 g/mol. The van der Waals surface area contributed by atoms with E-state index >= 15 is 0 Å². The SMILES string of the molecule is CC/C=C\C/C=C\C/C=C\C/C=C\CCCCCCCCC(=O)OC(COC(=O)CCCCCCC/C=C\C/C=C\C/C=C\C/C=C\CCCCC)COP(=O)(O)OCC(O)COP(=O)(O)OCC(O)COC(=O)CCCCCCCCCCCCCCCCC/C=C\C/C=C\C/C=C\C/C=C\CCCCC. The van der Waals surface area contributed by atoms with E-state index in [2.05, 4.69) is 167 Å². The summed E-state index contributed by atoms with van der Waals surface area (Å²) < 4.78 is 61.3. The molecule has 0 rings (SSSR count). The predicted octanol–water partition coefficient (Wildman–Crippen LogP) is 25.2. The van der Waals surface area contributed by atoms with Crippen LogP contribution in [-0.2, 0) is 55.8 Å². The Bertz CT molecular complexity index is 2530. The number of ether oxygens (including phenoxy) is 3. The Hall–Kier alpha value is -4.57. The van der Waals surface area contributed by atoms with Crippen molar-refractivity contribution in [2.75, 3.05) is 39.6 Å². The molecule has 0 heterocycles. The van der Waals surface area contributed by atoms with Gasteiger partial charge in [0.2, 0.25) is 0 Å². The fraction of sp³-hybridized carbons (Fsp3) is 0.697. The molecule has 0 aliphatic carbocycles. The molecule has 18 heteroatoms. The molecule has 0 saturated heterocycles. The summed E-state index contributed by atoms with van der Waals surface area (Å²) >= 11 is 0. The molecule has 0 aliphatic heterocycles. The zero-order chi connectivity index (χ0) is 78.0. The molecular weight excluding hydrogens is 1390 g/mol. The van der Waals surface area contributed by atoms with E-state index in [1.807, 2.05) is 0 Å². The van der Waals surface area contributed by atoms with Crippen LogP contribution >= 0.6 is 15.6 Å². The highest BCUT2D eigenvalue weighted by molar-refractivity contribution is 7.47. The molecule has 107 heavy (non-hydrogen) atoms. The molecule has 0 aromatic heterocycles. The molecular formula is C89H152O16P2. The highest BCUT2D eigenvalue weighted by Gasteiger charge is 2.29. The maximum Gasteiger partial charge on any atom is 0.472 e. The molecule has 0 fully saturated rings. The second-order valence-corrected chi connectivity index (χ2v) is 30.8. The molecule has 0 amide bonds. The molecule has 0 radical (unpaired) electrons. The van der Waals surface area contributed by atoms with Gasteiger partial charge in [0.25, 0.3) is 0 Å². The lowest BCUT2D eigenvalue weighted by molar-refractivity contribution is -0.161. The van der Waals surface area contributed by atoms with Crippen LogP contribution in [0.1, 0.15) is 342 Å². The first-order chi connectivity index (χ1) is 52.2. The van der Waals surface area contributed by atoms with E-state index in [1.54, 1.807) is 0 Å². The number of carbonyl (C=O) groups is 3. The van der Waals surface area contributed by atoms with Gasteiger partial charge in [-0.1, -0.05) is 321 Å². The number of esters is 3. The van der Waals surface area contributed by atoms with E-state index in [1.165, 1.54) is 128 Å². The summed E-state index contributed by atoms with van der Waals surface area (Å²) in [4.78, 5) is 58.8. The molecule has 4 N–H and O–H groups in total. The van der Waals surface area contributed by atoms with Crippen LogP contribution in [-0.4, -0.2) is 95.9 Å². The minimum absolute atomic E-state index is 0.0800. The highest BCUT2D eigenvalue weighted by Crippen LogP contribution is 2.45. The molecule has 0 bridgehead atoms. The number of aliphatic hydroxyl groups is 2. The fourth-order valence-electron chi connectivity index (χ4n) is 11.1. The first-order valence-electron chi connectivity index (χ1n) is 42.1. The summed E-state index contributed by atoms with van der Waals surface area (Å²) in [7, 11) is -9.81. The van der Waals surface area contributed by atoms with Gasteiger partial charge in [0.1, 0.15) is 25.4 Å². The minimum atomic E-state index is -4.95. The van der Waals surface area contributed by atoms with Crippen LogP contribution < -0.4 is 0 Å². The Kier molecular flexibility index (Phi) is 77.5. The van der Waals surface area contributed by atoms with Crippen molar-refractivity contribution in [3.63, 3.8) is 0 Å². The van der Waals surface area contributed by atoms with Gasteiger partial charge in [0.15, 0.2) is 6.10 Å². The average molecular weight is 1540 g/mol. The van der Waals surface area contributed by atoms with Crippen LogP contribution in [0.5, 0.6) is 0 Å². The summed E-state index contributed by atoms with van der Waals surface area (Å²) in [5.41, 5.74) is 0. The lowest BCUT2D eigenvalue weighted by Crippen LogP contribution is -2.30. The molecule has 0 aliphatic rings. The summed E-state index contributed by atoms with van der Waals surface area (Å²) in [6.07, 6.45) is 100. The van der Waals surface area contributed by atoms with Crippen LogP contribution in [0.3, 0.4) is 0 Å². The fourth-order valence-corrected chi connectivity index (χ4v) is 12.7. The molecule has 0 saturated carbocycles. The van der Waals surface area contributed by atoms with Gasteiger partial charge in [-0.05, 0) is 148 Å². The Morgan fingerprint density at radius 1 is 0.271 bits per heavy atom. The Labute approximate surface area is 651 Å². The summed E-state index contributed by atoms with van der Waals surface area (Å²) in [5.74, 6) is -1.61. The first-order valence-corrected chi connectivity index (χ1v) is 45.1. The van der Waals surface area contributed by atoms with Crippen LogP contribution in [0.4, 0.5) is 0 Å². The van der Waals surface area contributed by atoms with Crippen molar-refractivity contribution in [1.82, 2.24) is 0 Å². The van der Waals surface area contributed by atoms with E-state index in [-0.39, 0.29) is 19.3 Å². The summed E-state index contributed by atoms with van der Waals surface area (Å²) in [5, 5.41) is 20.7. The first kappa shape index (κ1) is 102. The summed E-state index contributed by atoms with van der Waals surface area (Å²) in [6, 6.07) is 0. The van der Waals surface area contributed by atoms with Crippen molar-refractivity contribution < 1.29 is 75.8 Å². The van der Waals surface area contributed by atoms with E-state index < -0.39 is 91.5 Å². The molecule has 16 nitrogen and oxygen atoms in total. The topological polar surface area (TPSA) is 231 Å². The van der Waals surface area contributed by atoms with Gasteiger partial charge in [0.05, 0.1) is 26.4 Å². The molecule has 5 unspecified atom stereocenters. The van der Waals surface area contributed by atoms with E-state index in [4.69, 9.17) is 32.3 Å². The average Bonchev–Trinajstić information content (AvgIpc) is 0.907. The van der Waals surface area contributed by atoms with Crippen molar-refractivity contribution in [2.45, 2.75) is 360 Å². The normalized spacial score (nSPS) is 14.6. The molecule has 5 atom stereocenters. The number of unbranched alkanes of at least 4 members (excludes halogenated alkanes) is 32. The molecule has 0 aromatic rings. The van der Waals surface area contributed by atoms with Crippen molar-refractivity contribution in [3.8, 4) is 0 Å². The third-order valence-corrected chi connectivity index (χ3v) is 19.4. The van der Waals surface area contributed by atoms with Crippen molar-refractivity contribution in [3.05, 3.63) is 146 Å². The van der Waals surface area contributed by atoms with E-state index in [0.717, 1.165) is 154 Å². The smallest absolute Gasteiger partial charge is 0.463 e. The number of carbonyl (C=O) groups excluding carboxylic acids is 3. The molecule has 614 valence electrons. The molecule has 0 aromatic carbocycles. The van der Waals surface area contributed by atoms with E-state index in [9.17, 15) is 43.5 Å². The quantitative estimate of drug-likeness (QED) is 0.0146. The van der Waals surface area contributed by atoms with Crippen molar-refractivity contribution >= 4 is 33.6 Å². The van der Waals surface area contributed by atoms with Crippen LogP contribution in [0.25, 0.3) is 0 Å². The van der Waals surface area contributed by atoms with Crippen LogP contribution in [0, 0.1) is 0 Å². The van der Waals surface area contributed by atoms with Gasteiger partial charge >= 0.3 is 33.6 Å². The number of hydrogen-bond donors (Lipinski definition) is 4. The second-order valence-electron chi connectivity index (χ2n) is 27.9. The number of phosphoric acid groups is 2. The number of hydrogen-bond acceptors (Lipinski definition) is 14. The standard InChI is InChI=1S/C89H152O16P2/c1-4-7-10-13-16-19-22-25-28-31-34-36-37-38-39-40-41-42-43-44-45-47-50-51-54-57-60-63-66-69-72-75-87(92)99-78-84(90)79-101-106(95,96)102-80-85(91)81-103-107(97,98)104-83-86(105-89(94)77-74-71-68-65-62-59-56-53-48-33-30-27-24-21-18-15-12-9-6-3)82-100-88(93)76-73-70-67-64-61-58-55-52-49-46-35-32-29-26-23-20-17-14-11-8-5-2/h9,12,16-21,25-30,34-36,38-39,46,48,52-53,55,84-86,90-91H,4-8,10-11,13-15,22-24,31-33,37,40-45,47,49-51,54,56-83H2,1-3H3,(H,95,96)(H,97,98)/b12-9-,19-16-,20-17-,21-18-,28-25-,29-26-,30-27-,36-34-,39-38-,46-35-,53-48-,55-52-. The molecule has 0 spiro atoms.